The number of carbonyl (C=O) groups is 2. The van der Waals surface area contributed by atoms with E-state index in [-0.39, 0.29) is 11.1 Å². The largest absolute Gasteiger partial charge is 0.467 e. The first-order chi connectivity index (χ1) is 10.0. The summed E-state index contributed by atoms with van der Waals surface area (Å²) < 4.78 is 7.49. The van der Waals surface area contributed by atoms with Crippen molar-refractivity contribution in [3.8, 4) is 0 Å². The summed E-state index contributed by atoms with van der Waals surface area (Å²) >= 11 is 0.931. The van der Waals surface area contributed by atoms with Crippen molar-refractivity contribution >= 4 is 29.0 Å². The van der Waals surface area contributed by atoms with Gasteiger partial charge in [0.2, 0.25) is 0 Å². The fraction of sp³-hybridized carbons (Fsp3) is 0.200. The molecule has 0 spiro atoms. The number of hydrogen-bond acceptors (Lipinski definition) is 4. The number of hydrogen-bond donors (Lipinski definition) is 1. The Morgan fingerprint density at radius 2 is 2.19 bits per heavy atom. The fourth-order valence-electron chi connectivity index (χ4n) is 2.34. The van der Waals surface area contributed by atoms with Crippen molar-refractivity contribution in [2.45, 2.75) is 20.4 Å². The van der Waals surface area contributed by atoms with E-state index < -0.39 is 0 Å². The van der Waals surface area contributed by atoms with Gasteiger partial charge in [-0.25, -0.2) is 0 Å². The van der Waals surface area contributed by atoms with Gasteiger partial charge in [0.25, 0.3) is 11.1 Å². The summed E-state index contributed by atoms with van der Waals surface area (Å²) in [6.45, 7) is 4.64. The van der Waals surface area contributed by atoms with E-state index in [1.807, 2.05) is 32.0 Å². The van der Waals surface area contributed by atoms with Crippen LogP contribution >= 0.6 is 11.8 Å². The molecule has 1 fully saturated rings. The normalized spacial score (nSPS) is 16.8. The Morgan fingerprint density at radius 1 is 1.38 bits per heavy atom. The maximum absolute atomic E-state index is 11.6. The van der Waals surface area contributed by atoms with Crippen LogP contribution in [-0.4, -0.2) is 15.7 Å². The second kappa shape index (κ2) is 5.29. The number of furan rings is 1. The summed E-state index contributed by atoms with van der Waals surface area (Å²) in [5, 5.41) is 1.94. The molecule has 2 amide bonds. The van der Waals surface area contributed by atoms with Gasteiger partial charge in [0.05, 0.1) is 17.7 Å². The van der Waals surface area contributed by atoms with Gasteiger partial charge in [-0.1, -0.05) is 0 Å². The molecule has 5 nitrogen and oxygen atoms in total. The molecule has 108 valence electrons. The lowest BCUT2D eigenvalue weighted by Gasteiger charge is -2.07. The Hall–Kier alpha value is -2.21. The lowest BCUT2D eigenvalue weighted by molar-refractivity contribution is -0.115. The number of nitrogens with zero attached hydrogens (tertiary/aromatic N) is 1. The molecule has 3 rings (SSSR count). The Labute approximate surface area is 126 Å². The fourth-order valence-corrected chi connectivity index (χ4v) is 3.01. The van der Waals surface area contributed by atoms with Gasteiger partial charge in [0.15, 0.2) is 0 Å². The molecule has 1 N–H and O–H groups in total. The number of nitrogens with one attached hydrogen (secondary N) is 1. The smallest absolute Gasteiger partial charge is 0.290 e. The molecule has 1 aliphatic heterocycles. The van der Waals surface area contributed by atoms with E-state index in [2.05, 4.69) is 9.88 Å². The Kier molecular flexibility index (Phi) is 3.47. The molecule has 0 radical (unpaired) electrons. The van der Waals surface area contributed by atoms with Crippen molar-refractivity contribution < 1.29 is 14.0 Å². The minimum atomic E-state index is -0.333. The van der Waals surface area contributed by atoms with E-state index in [0.717, 1.165) is 34.5 Å². The average molecular weight is 302 g/mol. The maximum atomic E-state index is 11.6. The Bertz CT molecular complexity index is 741. The lowest BCUT2D eigenvalue weighted by Crippen LogP contribution is -2.17. The van der Waals surface area contributed by atoms with Crippen LogP contribution in [0.1, 0.15) is 22.7 Å². The highest BCUT2D eigenvalue weighted by Gasteiger charge is 2.25. The number of amides is 2. The zero-order chi connectivity index (χ0) is 15.0. The Balaban J connectivity index is 1.93. The van der Waals surface area contributed by atoms with Crippen molar-refractivity contribution in [3.63, 3.8) is 0 Å². The van der Waals surface area contributed by atoms with Crippen LogP contribution in [0.3, 0.4) is 0 Å². The highest BCUT2D eigenvalue weighted by atomic mass is 32.2. The maximum Gasteiger partial charge on any atom is 0.290 e. The van der Waals surface area contributed by atoms with Crippen LogP contribution in [0.25, 0.3) is 6.08 Å². The monoisotopic (exact) mass is 302 g/mol. The molecule has 0 aromatic carbocycles. The van der Waals surface area contributed by atoms with Crippen LogP contribution in [0.4, 0.5) is 4.79 Å². The third-order valence-corrected chi connectivity index (χ3v) is 4.25. The summed E-state index contributed by atoms with van der Waals surface area (Å²) in [5.41, 5.74) is 3.04. The number of thioether (sulfide) groups is 1. The quantitative estimate of drug-likeness (QED) is 0.885. The van der Waals surface area contributed by atoms with E-state index in [1.165, 1.54) is 0 Å². The van der Waals surface area contributed by atoms with Crippen molar-refractivity contribution in [1.29, 1.82) is 0 Å². The van der Waals surface area contributed by atoms with Crippen molar-refractivity contribution in [3.05, 3.63) is 52.1 Å². The van der Waals surface area contributed by atoms with Gasteiger partial charge in [-0.05, 0) is 55.4 Å². The first-order valence-electron chi connectivity index (χ1n) is 6.48. The summed E-state index contributed by atoms with van der Waals surface area (Å²) in [4.78, 5) is 23.2. The second-order valence-electron chi connectivity index (χ2n) is 4.84. The van der Waals surface area contributed by atoms with E-state index in [4.69, 9.17) is 4.42 Å². The second-order valence-corrected chi connectivity index (χ2v) is 5.86. The van der Waals surface area contributed by atoms with Gasteiger partial charge in [-0.2, -0.15) is 0 Å². The van der Waals surface area contributed by atoms with Crippen LogP contribution in [0.15, 0.2) is 33.8 Å². The molecule has 21 heavy (non-hydrogen) atoms. The molecule has 0 saturated carbocycles. The summed E-state index contributed by atoms with van der Waals surface area (Å²) in [5.74, 6) is 0.542. The zero-order valence-corrected chi connectivity index (χ0v) is 12.5. The molecule has 1 saturated heterocycles. The number of aryl methyl sites for hydroxylation is 1. The molecular formula is C15H14N2O3S. The van der Waals surface area contributed by atoms with E-state index in [0.29, 0.717) is 11.4 Å². The highest BCUT2D eigenvalue weighted by molar-refractivity contribution is 8.18. The lowest BCUT2D eigenvalue weighted by atomic mass is 10.2. The summed E-state index contributed by atoms with van der Waals surface area (Å²) in [6, 6.07) is 5.79. The number of rotatable bonds is 3. The highest BCUT2D eigenvalue weighted by Crippen LogP contribution is 2.28. The predicted octanol–water partition coefficient (Wildman–Crippen LogP) is 3.07. The SMILES string of the molecule is Cc1cc(/C=C2\SC(=O)NC2=O)c(C)n1Cc1ccco1. The number of imide groups is 1. The van der Waals surface area contributed by atoms with Crippen LogP contribution in [0.2, 0.25) is 0 Å². The first-order valence-corrected chi connectivity index (χ1v) is 7.30. The molecule has 2 aromatic heterocycles. The van der Waals surface area contributed by atoms with Crippen LogP contribution in [-0.2, 0) is 11.3 Å². The van der Waals surface area contributed by atoms with Gasteiger partial charge >= 0.3 is 0 Å². The van der Waals surface area contributed by atoms with Gasteiger partial charge in [-0.3, -0.25) is 14.9 Å². The van der Waals surface area contributed by atoms with Crippen LogP contribution < -0.4 is 5.32 Å². The standard InChI is InChI=1S/C15H14N2O3S/c1-9-6-11(7-13-14(18)16-15(19)21-13)10(2)17(9)8-12-4-3-5-20-12/h3-7H,8H2,1-2H3,(H,16,18,19)/b13-7-. The van der Waals surface area contributed by atoms with E-state index in [1.54, 1.807) is 12.3 Å². The predicted molar refractivity (Wildman–Crippen MR) is 80.8 cm³/mol. The zero-order valence-electron chi connectivity index (χ0n) is 11.7. The molecule has 0 atom stereocenters. The topological polar surface area (TPSA) is 64.2 Å². The average Bonchev–Trinajstić information content (AvgIpc) is 3.10. The van der Waals surface area contributed by atoms with Gasteiger partial charge < -0.3 is 8.98 Å². The van der Waals surface area contributed by atoms with Gasteiger partial charge in [0.1, 0.15) is 5.76 Å². The van der Waals surface area contributed by atoms with Gasteiger partial charge in [0, 0.05) is 11.4 Å². The van der Waals surface area contributed by atoms with Crippen molar-refractivity contribution in [2.24, 2.45) is 0 Å². The molecule has 6 heteroatoms. The van der Waals surface area contributed by atoms with Crippen LogP contribution in [0.5, 0.6) is 0 Å². The molecule has 0 bridgehead atoms. The molecule has 3 heterocycles. The van der Waals surface area contributed by atoms with E-state index in [9.17, 15) is 9.59 Å². The molecule has 0 aliphatic carbocycles. The van der Waals surface area contributed by atoms with Crippen molar-refractivity contribution in [2.75, 3.05) is 0 Å². The Morgan fingerprint density at radius 3 is 2.81 bits per heavy atom. The molecule has 0 unspecified atom stereocenters. The molecule has 1 aliphatic rings. The summed E-state index contributed by atoms with van der Waals surface area (Å²) in [6.07, 6.45) is 3.41. The minimum absolute atomic E-state index is 0.323. The number of carbonyl (C=O) groups excluding carboxylic acids is 2. The first kappa shape index (κ1) is 13.8. The third kappa shape index (κ3) is 2.67. The van der Waals surface area contributed by atoms with E-state index >= 15 is 0 Å². The van der Waals surface area contributed by atoms with Crippen LogP contribution in [0, 0.1) is 13.8 Å². The van der Waals surface area contributed by atoms with Gasteiger partial charge in [-0.15, -0.1) is 0 Å². The molecule has 2 aromatic rings. The summed E-state index contributed by atoms with van der Waals surface area (Å²) in [7, 11) is 0. The molecular weight excluding hydrogens is 288 g/mol. The third-order valence-electron chi connectivity index (χ3n) is 3.44. The minimum Gasteiger partial charge on any atom is -0.467 e. The van der Waals surface area contributed by atoms with Crippen molar-refractivity contribution in [1.82, 2.24) is 9.88 Å². The number of aromatic nitrogens is 1.